The number of ether oxygens (including phenoxy) is 1. The van der Waals surface area contributed by atoms with Crippen LogP contribution in [0.4, 0.5) is 30.7 Å². The van der Waals surface area contributed by atoms with Gasteiger partial charge in [0.15, 0.2) is 17.4 Å². The van der Waals surface area contributed by atoms with Crippen LogP contribution >= 0.6 is 23.1 Å². The Kier molecular flexibility index (Phi) is 7.61. The van der Waals surface area contributed by atoms with E-state index in [1.54, 1.807) is 6.92 Å². The predicted octanol–water partition coefficient (Wildman–Crippen LogP) is 6.86. The van der Waals surface area contributed by atoms with E-state index in [0.717, 1.165) is 0 Å². The molecule has 1 aliphatic carbocycles. The summed E-state index contributed by atoms with van der Waals surface area (Å²) < 4.78 is 107. The van der Waals surface area contributed by atoms with Crippen molar-refractivity contribution in [3.63, 3.8) is 0 Å². The number of carbonyl (C=O) groups is 1. The third-order valence-corrected chi connectivity index (χ3v) is 6.49. The molecular weight excluding hydrogens is 515 g/mol. The topological polar surface area (TPSA) is 59.4 Å². The number of aliphatic carboxylic acids is 1. The molecular formula is C21H15ClF7NO3S. The maximum atomic E-state index is 14.4. The van der Waals surface area contributed by atoms with E-state index < -0.39 is 76.6 Å². The number of rotatable bonds is 7. The van der Waals surface area contributed by atoms with E-state index in [0.29, 0.717) is 10.6 Å². The molecule has 184 valence electrons. The summed E-state index contributed by atoms with van der Waals surface area (Å²) in [6, 6.07) is 0. The van der Waals surface area contributed by atoms with E-state index in [1.807, 2.05) is 0 Å². The van der Waals surface area contributed by atoms with E-state index in [9.17, 15) is 35.5 Å². The van der Waals surface area contributed by atoms with E-state index in [-0.39, 0.29) is 29.6 Å². The lowest BCUT2D eigenvalue weighted by molar-refractivity contribution is -0.137. The molecule has 0 spiro atoms. The molecule has 4 nitrogen and oxygen atoms in total. The molecule has 13 heteroatoms. The maximum absolute atomic E-state index is 14.4. The molecule has 1 N–H and O–H groups in total. The fourth-order valence-corrected chi connectivity index (χ4v) is 4.23. The number of allylic oxidation sites excluding steroid dienone is 4. The van der Waals surface area contributed by atoms with Gasteiger partial charge in [-0.1, -0.05) is 24.6 Å². The highest BCUT2D eigenvalue weighted by Crippen LogP contribution is 2.42. The van der Waals surface area contributed by atoms with Crippen molar-refractivity contribution in [3.05, 3.63) is 62.2 Å². The Morgan fingerprint density at radius 3 is 2.29 bits per heavy atom. The molecule has 0 radical (unpaired) electrons. The monoisotopic (exact) mass is 529 g/mol. The number of halogens is 8. The minimum atomic E-state index is -4.88. The number of carboxylic acid groups (broad SMARTS) is 1. The van der Waals surface area contributed by atoms with Gasteiger partial charge in [-0.05, 0) is 41.9 Å². The lowest BCUT2D eigenvalue weighted by atomic mass is 9.92. The second-order valence-corrected chi connectivity index (χ2v) is 8.64. The Labute approximate surface area is 197 Å². The molecule has 34 heavy (non-hydrogen) atoms. The summed E-state index contributed by atoms with van der Waals surface area (Å²) in [5.41, 5.74) is -1.48. The molecule has 0 amide bonds. The molecule has 0 aliphatic heterocycles. The molecule has 2 aromatic rings. The minimum Gasteiger partial charge on any atom is -0.483 e. The summed E-state index contributed by atoms with van der Waals surface area (Å²) in [6.45, 7) is 0.645. The standard InChI is InChI=1S/C21H15ClF7NO3S/c1-8-6-9(2-4-12(8)22)18-11(20(34-30-18)21(27,28)29)7-33-19-16(25)14(23)10(3-5-13(31)32)15(24)17(19)26/h2,4,8H,3,5-7H2,1H3,(H,31,32). The smallest absolute Gasteiger partial charge is 0.427 e. The van der Waals surface area contributed by atoms with Gasteiger partial charge in [0.05, 0.1) is 5.69 Å². The van der Waals surface area contributed by atoms with Crippen LogP contribution in [0.1, 0.15) is 41.5 Å². The van der Waals surface area contributed by atoms with Crippen LogP contribution in [-0.4, -0.2) is 15.4 Å². The summed E-state index contributed by atoms with van der Waals surface area (Å²) in [6.07, 6.45) is -3.36. The van der Waals surface area contributed by atoms with Crippen LogP contribution in [0.15, 0.2) is 17.2 Å². The average molecular weight is 530 g/mol. The maximum Gasteiger partial charge on any atom is 0.427 e. The van der Waals surface area contributed by atoms with Crippen molar-refractivity contribution >= 4 is 34.7 Å². The van der Waals surface area contributed by atoms with Gasteiger partial charge >= 0.3 is 12.1 Å². The normalized spacial score (nSPS) is 16.3. The molecule has 1 aromatic heterocycles. The largest absolute Gasteiger partial charge is 0.483 e. The quantitative estimate of drug-likeness (QED) is 0.314. The number of hydrogen-bond acceptors (Lipinski definition) is 4. The summed E-state index contributed by atoms with van der Waals surface area (Å²) in [7, 11) is 0. The van der Waals surface area contributed by atoms with Crippen molar-refractivity contribution < 1.29 is 45.4 Å². The minimum absolute atomic E-state index is 0.0996. The first-order chi connectivity index (χ1) is 15.8. The van der Waals surface area contributed by atoms with Gasteiger partial charge in [0, 0.05) is 22.6 Å². The zero-order valence-corrected chi connectivity index (χ0v) is 18.8. The van der Waals surface area contributed by atoms with Gasteiger partial charge in [-0.25, -0.2) is 8.78 Å². The molecule has 1 atom stereocenters. The number of nitrogens with zero attached hydrogens (tertiary/aromatic N) is 1. The zero-order chi connectivity index (χ0) is 25.4. The van der Waals surface area contributed by atoms with Gasteiger partial charge < -0.3 is 9.84 Å². The molecule has 0 fully saturated rings. The second-order valence-electron chi connectivity index (χ2n) is 7.43. The molecule has 1 aromatic carbocycles. The second kappa shape index (κ2) is 9.95. The number of carboxylic acids is 1. The highest BCUT2D eigenvalue weighted by molar-refractivity contribution is 7.06. The van der Waals surface area contributed by atoms with Gasteiger partial charge in [0.2, 0.25) is 11.6 Å². The van der Waals surface area contributed by atoms with Gasteiger partial charge in [-0.15, -0.1) is 0 Å². The summed E-state index contributed by atoms with van der Waals surface area (Å²) >= 11 is 6.10. The Morgan fingerprint density at radius 1 is 1.15 bits per heavy atom. The van der Waals surface area contributed by atoms with Crippen molar-refractivity contribution in [2.75, 3.05) is 0 Å². The van der Waals surface area contributed by atoms with Crippen LogP contribution in [0.3, 0.4) is 0 Å². The molecule has 0 saturated carbocycles. The molecule has 1 aliphatic rings. The van der Waals surface area contributed by atoms with Crippen molar-refractivity contribution in [3.8, 4) is 5.75 Å². The summed E-state index contributed by atoms with van der Waals surface area (Å²) in [5.74, 6) is -11.0. The first-order valence-corrected chi connectivity index (χ1v) is 10.8. The lowest BCUT2D eigenvalue weighted by Gasteiger charge is -2.18. The Hall–Kier alpha value is -2.60. The number of aromatic nitrogens is 1. The van der Waals surface area contributed by atoms with Crippen LogP contribution in [0.2, 0.25) is 0 Å². The van der Waals surface area contributed by atoms with Crippen molar-refractivity contribution in [2.24, 2.45) is 5.92 Å². The zero-order valence-electron chi connectivity index (χ0n) is 17.2. The van der Waals surface area contributed by atoms with E-state index in [1.165, 1.54) is 12.2 Å². The van der Waals surface area contributed by atoms with Crippen LogP contribution in [0.25, 0.3) is 5.57 Å². The van der Waals surface area contributed by atoms with Gasteiger partial charge in [-0.2, -0.15) is 26.3 Å². The van der Waals surface area contributed by atoms with Crippen LogP contribution in [0, 0.1) is 29.2 Å². The number of alkyl halides is 3. The third-order valence-electron chi connectivity index (χ3n) is 5.05. The van der Waals surface area contributed by atoms with E-state index in [4.69, 9.17) is 21.4 Å². The first-order valence-electron chi connectivity index (χ1n) is 9.64. The van der Waals surface area contributed by atoms with Crippen LogP contribution in [0.5, 0.6) is 5.75 Å². The third kappa shape index (κ3) is 5.22. The first kappa shape index (κ1) is 26.0. The fraction of sp³-hybridized carbons (Fsp3) is 0.333. The van der Waals surface area contributed by atoms with Gasteiger partial charge in [0.1, 0.15) is 11.5 Å². The Balaban J connectivity index is 2.00. The Morgan fingerprint density at radius 2 is 1.76 bits per heavy atom. The van der Waals surface area contributed by atoms with Crippen molar-refractivity contribution in [2.45, 2.75) is 39.0 Å². The van der Waals surface area contributed by atoms with E-state index >= 15 is 0 Å². The SMILES string of the molecule is CC1CC(c2nsc(C(F)(F)F)c2COc2c(F)c(F)c(CCC(=O)O)c(F)c2F)=CC=C1Cl. The number of hydrogen-bond donors (Lipinski definition) is 1. The molecule has 3 rings (SSSR count). The van der Waals surface area contributed by atoms with E-state index in [2.05, 4.69) is 4.37 Å². The van der Waals surface area contributed by atoms with Gasteiger partial charge in [0.25, 0.3) is 0 Å². The highest BCUT2D eigenvalue weighted by atomic mass is 35.5. The Bertz CT molecular complexity index is 1160. The van der Waals surface area contributed by atoms with Gasteiger partial charge in [-0.3, -0.25) is 4.79 Å². The molecule has 0 bridgehead atoms. The molecule has 1 unspecified atom stereocenters. The highest BCUT2D eigenvalue weighted by Gasteiger charge is 2.39. The summed E-state index contributed by atoms with van der Waals surface area (Å²) in [5, 5.41) is 9.10. The van der Waals surface area contributed by atoms with Crippen LogP contribution < -0.4 is 4.74 Å². The van der Waals surface area contributed by atoms with Crippen molar-refractivity contribution in [1.29, 1.82) is 0 Å². The summed E-state index contributed by atoms with van der Waals surface area (Å²) in [4.78, 5) is 9.41. The van der Waals surface area contributed by atoms with Crippen molar-refractivity contribution in [1.82, 2.24) is 4.37 Å². The molecule has 0 saturated heterocycles. The fourth-order valence-electron chi connectivity index (χ4n) is 3.31. The molecule has 1 heterocycles. The van der Waals surface area contributed by atoms with Crippen LogP contribution in [-0.2, 0) is 24.0 Å². The average Bonchev–Trinajstić information content (AvgIpc) is 3.18. The number of benzene rings is 1. The predicted molar refractivity (Wildman–Crippen MR) is 109 cm³/mol. The lowest BCUT2D eigenvalue weighted by Crippen LogP contribution is -2.13.